The minimum absolute atomic E-state index is 0.120. The van der Waals surface area contributed by atoms with Gasteiger partial charge in [-0.05, 0) is 49.6 Å². The number of amides is 2. The molecule has 0 radical (unpaired) electrons. The van der Waals surface area contributed by atoms with Crippen LogP contribution >= 0.6 is 0 Å². The third kappa shape index (κ3) is 2.99. The van der Waals surface area contributed by atoms with Crippen LogP contribution in [0, 0.1) is 12.3 Å². The van der Waals surface area contributed by atoms with E-state index in [9.17, 15) is 14.4 Å². The number of hydrogen-bond acceptors (Lipinski definition) is 3. The minimum Gasteiger partial charge on any atom is -0.358 e. The van der Waals surface area contributed by atoms with Crippen LogP contribution in [0.3, 0.4) is 0 Å². The molecule has 150 valence electrons. The topological polar surface area (TPSA) is 82.3 Å². The first-order chi connectivity index (χ1) is 13.6. The first kappa shape index (κ1) is 19.2. The highest BCUT2D eigenvalue weighted by Crippen LogP contribution is 2.39. The molecule has 0 saturated heterocycles. The standard InChI is InChI=1S/C23H25N3O3/c1-12-18(24-17-8-9-23(2,3)20(27)19(12)17)11-15-14-10-13(22(29)26(4)5)6-7-16(14)25-21(15)28/h6-7,10-11,24H,8-9H2,1-5H3,(H,25,28)/b15-11-. The molecule has 0 atom stereocenters. The molecule has 0 fully saturated rings. The average Bonchev–Trinajstić information content (AvgIpc) is 3.15. The zero-order valence-corrected chi connectivity index (χ0v) is 17.4. The van der Waals surface area contributed by atoms with Crippen molar-refractivity contribution in [2.24, 2.45) is 5.41 Å². The summed E-state index contributed by atoms with van der Waals surface area (Å²) in [6.45, 7) is 5.88. The van der Waals surface area contributed by atoms with E-state index in [0.717, 1.165) is 35.4 Å². The molecule has 1 aromatic carbocycles. The van der Waals surface area contributed by atoms with Crippen LogP contribution in [-0.4, -0.2) is 41.6 Å². The van der Waals surface area contributed by atoms with Gasteiger partial charge in [-0.1, -0.05) is 13.8 Å². The van der Waals surface area contributed by atoms with Gasteiger partial charge in [0.25, 0.3) is 11.8 Å². The summed E-state index contributed by atoms with van der Waals surface area (Å²) in [6.07, 6.45) is 3.40. The van der Waals surface area contributed by atoms with E-state index in [1.54, 1.807) is 38.4 Å². The van der Waals surface area contributed by atoms with Gasteiger partial charge in [0.05, 0.1) is 5.57 Å². The van der Waals surface area contributed by atoms with Crippen molar-refractivity contribution in [3.8, 4) is 0 Å². The van der Waals surface area contributed by atoms with E-state index < -0.39 is 0 Å². The number of benzene rings is 1. The van der Waals surface area contributed by atoms with Crippen molar-refractivity contribution >= 4 is 34.9 Å². The van der Waals surface area contributed by atoms with Crippen molar-refractivity contribution in [3.05, 3.63) is 51.8 Å². The third-order valence-corrected chi connectivity index (χ3v) is 5.95. The molecule has 2 aromatic rings. The van der Waals surface area contributed by atoms with E-state index in [0.29, 0.717) is 22.4 Å². The number of carbonyl (C=O) groups excluding carboxylic acids is 3. The number of aromatic nitrogens is 1. The lowest BCUT2D eigenvalue weighted by molar-refractivity contribution is -0.110. The van der Waals surface area contributed by atoms with Gasteiger partial charge in [0.15, 0.2) is 5.78 Å². The zero-order valence-electron chi connectivity index (χ0n) is 17.4. The summed E-state index contributed by atoms with van der Waals surface area (Å²) in [7, 11) is 3.39. The van der Waals surface area contributed by atoms with E-state index in [-0.39, 0.29) is 23.0 Å². The predicted octanol–water partition coefficient (Wildman–Crippen LogP) is 3.67. The Morgan fingerprint density at radius 2 is 1.93 bits per heavy atom. The summed E-state index contributed by atoms with van der Waals surface area (Å²) in [5, 5.41) is 2.85. The summed E-state index contributed by atoms with van der Waals surface area (Å²) in [6, 6.07) is 5.21. The van der Waals surface area contributed by atoms with E-state index in [2.05, 4.69) is 10.3 Å². The molecule has 2 heterocycles. The minimum atomic E-state index is -0.372. The van der Waals surface area contributed by atoms with E-state index in [1.807, 2.05) is 20.8 Å². The highest BCUT2D eigenvalue weighted by molar-refractivity contribution is 6.35. The number of aryl methyl sites for hydroxylation is 1. The highest BCUT2D eigenvalue weighted by atomic mass is 16.2. The van der Waals surface area contributed by atoms with Crippen LogP contribution in [0.5, 0.6) is 0 Å². The van der Waals surface area contributed by atoms with E-state index in [1.165, 1.54) is 4.90 Å². The normalized spacial score (nSPS) is 18.4. The van der Waals surface area contributed by atoms with Crippen LogP contribution in [0.1, 0.15) is 63.5 Å². The van der Waals surface area contributed by atoms with Crippen LogP contribution < -0.4 is 5.32 Å². The van der Waals surface area contributed by atoms with Gasteiger partial charge in [0.2, 0.25) is 0 Å². The number of fused-ring (bicyclic) bond motifs is 2. The zero-order chi connectivity index (χ0) is 21.1. The maximum Gasteiger partial charge on any atom is 0.256 e. The van der Waals surface area contributed by atoms with Crippen LogP contribution in [-0.2, 0) is 11.2 Å². The van der Waals surface area contributed by atoms with Crippen molar-refractivity contribution < 1.29 is 14.4 Å². The Morgan fingerprint density at radius 1 is 1.21 bits per heavy atom. The fourth-order valence-corrected chi connectivity index (χ4v) is 4.08. The van der Waals surface area contributed by atoms with Gasteiger partial charge in [-0.2, -0.15) is 0 Å². The molecule has 1 aliphatic heterocycles. The molecule has 4 rings (SSSR count). The first-order valence-corrected chi connectivity index (χ1v) is 9.75. The van der Waals surface area contributed by atoms with Gasteiger partial charge in [0, 0.05) is 53.3 Å². The molecule has 2 N–H and O–H groups in total. The average molecular weight is 391 g/mol. The number of nitrogens with one attached hydrogen (secondary N) is 2. The van der Waals surface area contributed by atoms with Gasteiger partial charge in [0.1, 0.15) is 0 Å². The Kier molecular flexibility index (Phi) is 4.26. The number of H-pyrrole nitrogens is 1. The largest absolute Gasteiger partial charge is 0.358 e. The lowest BCUT2D eigenvalue weighted by atomic mass is 9.74. The van der Waals surface area contributed by atoms with Crippen molar-refractivity contribution in [1.29, 1.82) is 0 Å². The number of hydrogen-bond donors (Lipinski definition) is 2. The van der Waals surface area contributed by atoms with Crippen LogP contribution in [0.25, 0.3) is 11.6 Å². The SMILES string of the molecule is Cc1c(/C=C2\C(=O)Nc3ccc(C(=O)N(C)C)cc32)[nH]c2c1C(=O)C(C)(C)CC2. The summed E-state index contributed by atoms with van der Waals surface area (Å²) in [5.74, 6) is -0.189. The molecule has 6 heteroatoms. The van der Waals surface area contributed by atoms with Gasteiger partial charge < -0.3 is 15.2 Å². The Bertz CT molecular complexity index is 1100. The number of rotatable bonds is 2. The van der Waals surface area contributed by atoms with Crippen molar-refractivity contribution in [2.75, 3.05) is 19.4 Å². The molecular formula is C23H25N3O3. The summed E-state index contributed by atoms with van der Waals surface area (Å²) in [4.78, 5) is 42.7. The second-order valence-electron chi connectivity index (χ2n) is 8.70. The Labute approximate surface area is 170 Å². The fourth-order valence-electron chi connectivity index (χ4n) is 4.08. The molecule has 0 bridgehead atoms. The summed E-state index contributed by atoms with van der Waals surface area (Å²) < 4.78 is 0. The fraction of sp³-hybridized carbons (Fsp3) is 0.348. The lowest BCUT2D eigenvalue weighted by Gasteiger charge is -2.28. The molecule has 1 aliphatic carbocycles. The quantitative estimate of drug-likeness (QED) is 0.766. The Hall–Kier alpha value is -3.15. The molecule has 2 aliphatic rings. The van der Waals surface area contributed by atoms with Crippen molar-refractivity contribution in [3.63, 3.8) is 0 Å². The summed E-state index contributed by atoms with van der Waals surface area (Å²) >= 11 is 0. The molecule has 0 spiro atoms. The van der Waals surface area contributed by atoms with E-state index >= 15 is 0 Å². The van der Waals surface area contributed by atoms with Crippen molar-refractivity contribution in [2.45, 2.75) is 33.6 Å². The lowest BCUT2D eigenvalue weighted by Crippen LogP contribution is -2.30. The summed E-state index contributed by atoms with van der Waals surface area (Å²) in [5.41, 5.74) is 5.34. The van der Waals surface area contributed by atoms with Gasteiger partial charge in [-0.25, -0.2) is 0 Å². The molecular weight excluding hydrogens is 366 g/mol. The molecule has 0 unspecified atom stereocenters. The number of nitrogens with zero attached hydrogens (tertiary/aromatic N) is 1. The molecule has 1 aromatic heterocycles. The molecule has 29 heavy (non-hydrogen) atoms. The molecule has 0 saturated carbocycles. The predicted molar refractivity (Wildman–Crippen MR) is 113 cm³/mol. The monoisotopic (exact) mass is 391 g/mol. The number of anilines is 1. The van der Waals surface area contributed by atoms with E-state index in [4.69, 9.17) is 0 Å². The van der Waals surface area contributed by atoms with Gasteiger partial charge in [-0.3, -0.25) is 14.4 Å². The number of carbonyl (C=O) groups is 3. The van der Waals surface area contributed by atoms with Crippen LogP contribution in [0.15, 0.2) is 18.2 Å². The molecule has 6 nitrogen and oxygen atoms in total. The number of ketones is 1. The smallest absolute Gasteiger partial charge is 0.256 e. The molecule has 2 amide bonds. The van der Waals surface area contributed by atoms with Gasteiger partial charge in [-0.15, -0.1) is 0 Å². The third-order valence-electron chi connectivity index (χ3n) is 5.95. The maximum atomic E-state index is 12.9. The van der Waals surface area contributed by atoms with Crippen LogP contribution in [0.2, 0.25) is 0 Å². The maximum absolute atomic E-state index is 12.9. The van der Waals surface area contributed by atoms with Crippen molar-refractivity contribution in [1.82, 2.24) is 9.88 Å². The Balaban J connectivity index is 1.80. The second kappa shape index (κ2) is 6.44. The Morgan fingerprint density at radius 3 is 2.62 bits per heavy atom. The second-order valence-corrected chi connectivity index (χ2v) is 8.70. The first-order valence-electron chi connectivity index (χ1n) is 9.75. The van der Waals surface area contributed by atoms with Gasteiger partial charge >= 0.3 is 0 Å². The van der Waals surface area contributed by atoms with Crippen LogP contribution in [0.4, 0.5) is 5.69 Å². The number of Topliss-reactive ketones (excluding diaryl/α,β-unsaturated/α-hetero) is 1. The highest BCUT2D eigenvalue weighted by Gasteiger charge is 2.37. The number of aromatic amines is 1.